The molecule has 2 atom stereocenters. The summed E-state index contributed by atoms with van der Waals surface area (Å²) in [6.45, 7) is 3.50. The zero-order valence-electron chi connectivity index (χ0n) is 10.0. The van der Waals surface area contributed by atoms with Gasteiger partial charge in [-0.15, -0.1) is 0 Å². The van der Waals surface area contributed by atoms with Gasteiger partial charge in [0, 0.05) is 19.1 Å². The van der Waals surface area contributed by atoms with Crippen LogP contribution in [-0.2, 0) is 20.8 Å². The fourth-order valence-electron chi connectivity index (χ4n) is 2.01. The maximum Gasteiger partial charge on any atom is 0.264 e. The number of hydrogen-bond donors (Lipinski definition) is 0. The Hall–Kier alpha value is -0.910. The molecule has 2 unspecified atom stereocenters. The lowest BCUT2D eigenvalue weighted by Crippen LogP contribution is -2.59. The third-order valence-corrected chi connectivity index (χ3v) is 3.65. The van der Waals surface area contributed by atoms with Crippen molar-refractivity contribution in [1.82, 2.24) is 4.90 Å². The summed E-state index contributed by atoms with van der Waals surface area (Å²) in [7, 11) is -3.34. The van der Waals surface area contributed by atoms with Crippen LogP contribution in [0, 0.1) is 0 Å². The predicted octanol–water partition coefficient (Wildman–Crippen LogP) is 1.24. The molecule has 1 aromatic rings. The van der Waals surface area contributed by atoms with Crippen LogP contribution in [0.4, 0.5) is 0 Å². The van der Waals surface area contributed by atoms with Gasteiger partial charge in [-0.3, -0.25) is 9.08 Å². The molecule has 1 saturated heterocycles. The Morgan fingerprint density at radius 2 is 2.00 bits per heavy atom. The van der Waals surface area contributed by atoms with E-state index in [-0.39, 0.29) is 12.1 Å². The highest BCUT2D eigenvalue weighted by molar-refractivity contribution is 7.86. The van der Waals surface area contributed by atoms with Gasteiger partial charge in [-0.2, -0.15) is 8.42 Å². The molecule has 2 rings (SSSR count). The van der Waals surface area contributed by atoms with Crippen LogP contribution in [0.3, 0.4) is 0 Å². The Bertz CT molecular complexity index is 472. The van der Waals surface area contributed by atoms with Gasteiger partial charge in [0.05, 0.1) is 6.26 Å². The molecule has 0 bridgehead atoms. The van der Waals surface area contributed by atoms with E-state index in [1.165, 1.54) is 5.56 Å². The lowest BCUT2D eigenvalue weighted by Gasteiger charge is -2.45. The maximum atomic E-state index is 11.0. The Morgan fingerprint density at radius 1 is 1.35 bits per heavy atom. The van der Waals surface area contributed by atoms with Crippen LogP contribution in [0.5, 0.6) is 0 Å². The molecule has 0 aliphatic carbocycles. The van der Waals surface area contributed by atoms with Gasteiger partial charge in [0.15, 0.2) is 0 Å². The number of nitrogens with zero attached hydrogens (tertiary/aromatic N) is 1. The first-order valence-corrected chi connectivity index (χ1v) is 7.43. The van der Waals surface area contributed by atoms with Crippen LogP contribution in [0.1, 0.15) is 12.5 Å². The van der Waals surface area contributed by atoms with Gasteiger partial charge < -0.3 is 0 Å². The van der Waals surface area contributed by atoms with E-state index in [1.807, 2.05) is 25.1 Å². The highest BCUT2D eigenvalue weighted by atomic mass is 32.2. The number of benzene rings is 1. The van der Waals surface area contributed by atoms with Gasteiger partial charge in [0.25, 0.3) is 10.1 Å². The van der Waals surface area contributed by atoms with Crippen molar-refractivity contribution in [3.05, 3.63) is 35.9 Å². The molecule has 0 radical (unpaired) electrons. The summed E-state index contributed by atoms with van der Waals surface area (Å²) in [6.07, 6.45) is 0.897. The average molecular weight is 255 g/mol. The summed E-state index contributed by atoms with van der Waals surface area (Å²) in [4.78, 5) is 2.20. The first kappa shape index (κ1) is 12.5. The fourth-order valence-corrected chi connectivity index (χ4v) is 2.68. The van der Waals surface area contributed by atoms with E-state index in [2.05, 4.69) is 17.0 Å². The van der Waals surface area contributed by atoms with Crippen molar-refractivity contribution in [2.75, 3.05) is 12.8 Å². The molecule has 0 N–H and O–H groups in total. The standard InChI is InChI=1S/C12H17NO3S/c1-10-12(16-17(2,14)15)9-13(10)8-11-6-4-3-5-7-11/h3-7,10,12H,8-9H2,1-2H3. The summed E-state index contributed by atoms with van der Waals surface area (Å²) in [5, 5.41) is 0. The third kappa shape index (κ3) is 3.28. The van der Waals surface area contributed by atoms with Gasteiger partial charge in [0.2, 0.25) is 0 Å². The van der Waals surface area contributed by atoms with Crippen molar-refractivity contribution in [2.24, 2.45) is 0 Å². The van der Waals surface area contributed by atoms with E-state index in [1.54, 1.807) is 0 Å². The highest BCUT2D eigenvalue weighted by Gasteiger charge is 2.38. The molecule has 0 saturated carbocycles. The molecule has 1 aliphatic heterocycles. The Kier molecular flexibility index (Phi) is 3.51. The minimum Gasteiger partial charge on any atom is -0.291 e. The molecule has 0 aromatic heterocycles. The van der Waals surface area contributed by atoms with E-state index < -0.39 is 10.1 Å². The highest BCUT2D eigenvalue weighted by Crippen LogP contribution is 2.24. The second kappa shape index (κ2) is 4.76. The molecular weight excluding hydrogens is 238 g/mol. The topological polar surface area (TPSA) is 46.6 Å². The van der Waals surface area contributed by atoms with Crippen LogP contribution in [-0.4, -0.2) is 38.3 Å². The molecule has 1 fully saturated rings. The van der Waals surface area contributed by atoms with Crippen molar-refractivity contribution in [3.63, 3.8) is 0 Å². The van der Waals surface area contributed by atoms with E-state index >= 15 is 0 Å². The molecular formula is C12H17NO3S. The second-order valence-corrected chi connectivity index (χ2v) is 6.10. The summed E-state index contributed by atoms with van der Waals surface area (Å²) in [5.74, 6) is 0. The van der Waals surface area contributed by atoms with Crippen LogP contribution in [0.2, 0.25) is 0 Å². The summed E-state index contributed by atoms with van der Waals surface area (Å²) < 4.78 is 27.0. The zero-order valence-corrected chi connectivity index (χ0v) is 10.9. The average Bonchev–Trinajstić information content (AvgIpc) is 2.27. The van der Waals surface area contributed by atoms with E-state index in [9.17, 15) is 8.42 Å². The Morgan fingerprint density at radius 3 is 2.53 bits per heavy atom. The van der Waals surface area contributed by atoms with Gasteiger partial charge >= 0.3 is 0 Å². The van der Waals surface area contributed by atoms with Gasteiger partial charge in [0.1, 0.15) is 6.10 Å². The fraction of sp³-hybridized carbons (Fsp3) is 0.500. The van der Waals surface area contributed by atoms with Crippen molar-refractivity contribution >= 4 is 10.1 Å². The SMILES string of the molecule is CC1C(OS(C)(=O)=O)CN1Cc1ccccc1. The van der Waals surface area contributed by atoms with Crippen LogP contribution < -0.4 is 0 Å². The van der Waals surface area contributed by atoms with Crippen molar-refractivity contribution in [2.45, 2.75) is 25.6 Å². The first-order valence-electron chi connectivity index (χ1n) is 5.62. The Balaban J connectivity index is 1.88. The molecule has 94 valence electrons. The lowest BCUT2D eigenvalue weighted by molar-refractivity contribution is -0.0374. The van der Waals surface area contributed by atoms with Crippen molar-refractivity contribution in [3.8, 4) is 0 Å². The van der Waals surface area contributed by atoms with Gasteiger partial charge in [-0.25, -0.2) is 0 Å². The van der Waals surface area contributed by atoms with Crippen LogP contribution in [0.25, 0.3) is 0 Å². The minimum atomic E-state index is -3.34. The first-order chi connectivity index (χ1) is 7.96. The third-order valence-electron chi connectivity index (χ3n) is 3.06. The maximum absolute atomic E-state index is 11.0. The summed E-state index contributed by atoms with van der Waals surface area (Å²) >= 11 is 0. The van der Waals surface area contributed by atoms with Crippen molar-refractivity contribution in [1.29, 1.82) is 0 Å². The lowest BCUT2D eigenvalue weighted by atomic mass is 10.0. The molecule has 1 aromatic carbocycles. The van der Waals surface area contributed by atoms with Gasteiger partial charge in [-0.05, 0) is 12.5 Å². The normalized spacial score (nSPS) is 25.5. The van der Waals surface area contributed by atoms with Crippen LogP contribution >= 0.6 is 0 Å². The van der Waals surface area contributed by atoms with E-state index in [4.69, 9.17) is 4.18 Å². The monoisotopic (exact) mass is 255 g/mol. The number of hydrogen-bond acceptors (Lipinski definition) is 4. The predicted molar refractivity (Wildman–Crippen MR) is 66.0 cm³/mol. The molecule has 0 spiro atoms. The van der Waals surface area contributed by atoms with Crippen LogP contribution in [0.15, 0.2) is 30.3 Å². The second-order valence-electron chi connectivity index (χ2n) is 4.49. The van der Waals surface area contributed by atoms with E-state index in [0.717, 1.165) is 12.8 Å². The molecule has 5 heteroatoms. The molecule has 1 heterocycles. The summed E-state index contributed by atoms with van der Waals surface area (Å²) in [6, 6.07) is 10.3. The minimum absolute atomic E-state index is 0.143. The Labute approximate surface area is 102 Å². The van der Waals surface area contributed by atoms with Crippen molar-refractivity contribution < 1.29 is 12.6 Å². The number of likely N-dealkylation sites (tertiary alicyclic amines) is 1. The zero-order chi connectivity index (χ0) is 12.5. The largest absolute Gasteiger partial charge is 0.291 e. The summed E-state index contributed by atoms with van der Waals surface area (Å²) in [5.41, 5.74) is 1.23. The number of rotatable bonds is 4. The molecule has 4 nitrogen and oxygen atoms in total. The smallest absolute Gasteiger partial charge is 0.264 e. The molecule has 0 amide bonds. The molecule has 17 heavy (non-hydrogen) atoms. The molecule has 1 aliphatic rings. The quantitative estimate of drug-likeness (QED) is 0.759. The van der Waals surface area contributed by atoms with Gasteiger partial charge in [-0.1, -0.05) is 30.3 Å². The van der Waals surface area contributed by atoms with E-state index in [0.29, 0.717) is 6.54 Å².